The van der Waals surface area contributed by atoms with Crippen LogP contribution < -0.4 is 4.72 Å². The minimum atomic E-state index is -4.83. The van der Waals surface area contributed by atoms with E-state index < -0.39 is 51.4 Å². The molecule has 0 aliphatic rings. The Hall–Kier alpha value is -1.26. The second-order valence-electron chi connectivity index (χ2n) is 3.45. The summed E-state index contributed by atoms with van der Waals surface area (Å²) in [4.78, 5) is -1.50. The lowest BCUT2D eigenvalue weighted by Crippen LogP contribution is -2.36. The molecule has 1 unspecified atom stereocenters. The van der Waals surface area contributed by atoms with Crippen LogP contribution in [0.5, 0.6) is 0 Å². The highest BCUT2D eigenvalue weighted by Crippen LogP contribution is 2.19. The predicted octanol–water partition coefficient (Wildman–Crippen LogP) is 1.01. The average Bonchev–Trinajstić information content (AvgIpc) is 2.23. The Kier molecular flexibility index (Phi) is 4.82. The lowest BCUT2D eigenvalue weighted by Gasteiger charge is -2.12. The zero-order valence-corrected chi connectivity index (χ0v) is 9.89. The molecule has 1 aromatic rings. The molecule has 4 nitrogen and oxygen atoms in total. The molecule has 2 N–H and O–H groups in total. The van der Waals surface area contributed by atoms with Crippen LogP contribution in [0.4, 0.5) is 22.0 Å². The van der Waals surface area contributed by atoms with Gasteiger partial charge >= 0.3 is 0 Å². The van der Waals surface area contributed by atoms with E-state index in [9.17, 15) is 30.4 Å². The zero-order valence-electron chi connectivity index (χ0n) is 9.08. The fourth-order valence-electron chi connectivity index (χ4n) is 1.14. The van der Waals surface area contributed by atoms with E-state index in [4.69, 9.17) is 5.11 Å². The van der Waals surface area contributed by atoms with Crippen molar-refractivity contribution >= 4 is 10.0 Å². The average molecular weight is 305 g/mol. The van der Waals surface area contributed by atoms with Crippen molar-refractivity contribution in [2.45, 2.75) is 17.4 Å². The van der Waals surface area contributed by atoms with Crippen molar-refractivity contribution < 1.29 is 35.5 Å². The number of hydrogen-bond donors (Lipinski definition) is 2. The molecule has 108 valence electrons. The van der Waals surface area contributed by atoms with Gasteiger partial charge in [-0.05, 0) is 0 Å². The zero-order chi connectivity index (χ0) is 14.8. The highest BCUT2D eigenvalue weighted by atomic mass is 32.2. The summed E-state index contributed by atoms with van der Waals surface area (Å²) in [5.74, 6) is -4.75. The Morgan fingerprint density at radius 1 is 1.16 bits per heavy atom. The minimum absolute atomic E-state index is 0.126. The van der Waals surface area contributed by atoms with E-state index in [1.165, 1.54) is 4.72 Å². The van der Waals surface area contributed by atoms with Crippen molar-refractivity contribution in [2.75, 3.05) is 6.54 Å². The lowest BCUT2D eigenvalue weighted by atomic mass is 10.3. The van der Waals surface area contributed by atoms with Gasteiger partial charge in [0.15, 0.2) is 4.90 Å². The number of benzene rings is 1. The highest BCUT2D eigenvalue weighted by Gasteiger charge is 2.27. The smallest absolute Gasteiger partial charge is 0.265 e. The van der Waals surface area contributed by atoms with E-state index in [0.717, 1.165) is 0 Å². The van der Waals surface area contributed by atoms with Crippen LogP contribution in [0.1, 0.15) is 0 Å². The Bertz CT molecular complexity index is 540. The Morgan fingerprint density at radius 2 is 1.63 bits per heavy atom. The maximum atomic E-state index is 13.2. The Balaban J connectivity index is 3.02. The third-order valence-electron chi connectivity index (χ3n) is 2.01. The summed E-state index contributed by atoms with van der Waals surface area (Å²) in [6, 6.07) is 0.252. The first-order chi connectivity index (χ1) is 8.65. The van der Waals surface area contributed by atoms with Crippen molar-refractivity contribution in [3.8, 4) is 0 Å². The molecular weight excluding hydrogens is 297 g/mol. The number of alkyl halides is 2. The molecule has 0 aromatic heterocycles. The van der Waals surface area contributed by atoms with Gasteiger partial charge in [-0.15, -0.1) is 0 Å². The summed E-state index contributed by atoms with van der Waals surface area (Å²) in [6.45, 7) is -1.14. The van der Waals surface area contributed by atoms with Crippen molar-refractivity contribution in [1.29, 1.82) is 0 Å². The fourth-order valence-corrected chi connectivity index (χ4v) is 2.31. The second kappa shape index (κ2) is 5.80. The van der Waals surface area contributed by atoms with Gasteiger partial charge in [-0.1, -0.05) is 0 Å². The summed E-state index contributed by atoms with van der Waals surface area (Å²) < 4.78 is 87.1. The molecule has 0 bridgehead atoms. The van der Waals surface area contributed by atoms with E-state index in [1.807, 2.05) is 0 Å². The van der Waals surface area contributed by atoms with E-state index in [2.05, 4.69) is 0 Å². The van der Waals surface area contributed by atoms with E-state index >= 15 is 0 Å². The minimum Gasteiger partial charge on any atom is -0.386 e. The summed E-state index contributed by atoms with van der Waals surface area (Å²) in [5.41, 5.74) is 0. The first-order valence-electron chi connectivity index (χ1n) is 4.75. The van der Waals surface area contributed by atoms with E-state index in [1.54, 1.807) is 0 Å². The molecule has 0 fully saturated rings. The number of aliphatic hydroxyl groups is 1. The van der Waals surface area contributed by atoms with Gasteiger partial charge in [0.25, 0.3) is 6.43 Å². The standard InChI is InChI=1S/C9H8F5NO3S/c10-4-1-5(11)8(6(12)2-4)19(17,18)15-3-7(16)9(13)14/h1-2,7,9,15-16H,3H2. The number of hydrogen-bond acceptors (Lipinski definition) is 3. The third kappa shape index (κ3) is 3.85. The highest BCUT2D eigenvalue weighted by molar-refractivity contribution is 7.89. The topological polar surface area (TPSA) is 66.4 Å². The Labute approximate surface area is 104 Å². The largest absolute Gasteiger partial charge is 0.386 e. The lowest BCUT2D eigenvalue weighted by molar-refractivity contribution is -0.000461. The molecule has 19 heavy (non-hydrogen) atoms. The monoisotopic (exact) mass is 305 g/mol. The van der Waals surface area contributed by atoms with Gasteiger partial charge in [0.05, 0.1) is 0 Å². The van der Waals surface area contributed by atoms with Gasteiger partial charge in [-0.25, -0.2) is 35.1 Å². The van der Waals surface area contributed by atoms with Crippen LogP contribution in [-0.2, 0) is 10.0 Å². The van der Waals surface area contributed by atoms with Crippen LogP contribution in [-0.4, -0.2) is 32.6 Å². The van der Waals surface area contributed by atoms with Crippen molar-refractivity contribution in [2.24, 2.45) is 0 Å². The molecule has 0 aliphatic carbocycles. The Morgan fingerprint density at radius 3 is 2.05 bits per heavy atom. The second-order valence-corrected chi connectivity index (χ2v) is 5.16. The van der Waals surface area contributed by atoms with Crippen LogP contribution in [0.2, 0.25) is 0 Å². The maximum Gasteiger partial charge on any atom is 0.265 e. The quantitative estimate of drug-likeness (QED) is 0.798. The molecule has 1 atom stereocenters. The van der Waals surface area contributed by atoms with Crippen molar-refractivity contribution in [3.05, 3.63) is 29.6 Å². The van der Waals surface area contributed by atoms with Gasteiger partial charge in [0.2, 0.25) is 10.0 Å². The van der Waals surface area contributed by atoms with Crippen molar-refractivity contribution in [1.82, 2.24) is 4.72 Å². The van der Waals surface area contributed by atoms with Crippen LogP contribution >= 0.6 is 0 Å². The van der Waals surface area contributed by atoms with E-state index in [-0.39, 0.29) is 12.1 Å². The maximum absolute atomic E-state index is 13.2. The number of rotatable bonds is 5. The van der Waals surface area contributed by atoms with Crippen LogP contribution in [0.3, 0.4) is 0 Å². The summed E-state index contributed by atoms with van der Waals surface area (Å²) >= 11 is 0. The predicted molar refractivity (Wildman–Crippen MR) is 53.5 cm³/mol. The molecule has 1 rings (SSSR count). The number of nitrogens with one attached hydrogen (secondary N) is 1. The molecule has 0 saturated heterocycles. The van der Waals surface area contributed by atoms with Crippen LogP contribution in [0.25, 0.3) is 0 Å². The molecule has 0 aliphatic heterocycles. The van der Waals surface area contributed by atoms with Gasteiger partial charge in [-0.3, -0.25) is 0 Å². The summed E-state index contributed by atoms with van der Waals surface area (Å²) in [7, 11) is -4.83. The van der Waals surface area contributed by atoms with Crippen LogP contribution in [0.15, 0.2) is 17.0 Å². The van der Waals surface area contributed by atoms with Gasteiger partial charge in [0, 0.05) is 18.7 Å². The molecular formula is C9H8F5NO3S. The molecule has 0 saturated carbocycles. The summed E-state index contributed by atoms with van der Waals surface area (Å²) in [5, 5.41) is 8.69. The molecule has 1 aromatic carbocycles. The van der Waals surface area contributed by atoms with Gasteiger partial charge in [0.1, 0.15) is 23.6 Å². The summed E-state index contributed by atoms with van der Waals surface area (Å²) in [6.07, 6.45) is -5.56. The first kappa shape index (κ1) is 15.8. The van der Waals surface area contributed by atoms with Gasteiger partial charge < -0.3 is 5.11 Å². The molecule has 0 radical (unpaired) electrons. The molecule has 0 amide bonds. The van der Waals surface area contributed by atoms with Crippen LogP contribution in [0, 0.1) is 17.5 Å². The third-order valence-corrected chi connectivity index (χ3v) is 3.48. The van der Waals surface area contributed by atoms with Gasteiger partial charge in [-0.2, -0.15) is 0 Å². The van der Waals surface area contributed by atoms with Crippen molar-refractivity contribution in [3.63, 3.8) is 0 Å². The fraction of sp³-hybridized carbons (Fsp3) is 0.333. The first-order valence-corrected chi connectivity index (χ1v) is 6.24. The van der Waals surface area contributed by atoms with E-state index in [0.29, 0.717) is 0 Å². The number of halogens is 5. The number of sulfonamides is 1. The molecule has 0 spiro atoms. The molecule has 10 heteroatoms. The SMILES string of the molecule is O=S(=O)(NCC(O)C(F)F)c1c(F)cc(F)cc1F. The molecule has 0 heterocycles. The number of aliphatic hydroxyl groups excluding tert-OH is 1. The normalized spacial score (nSPS) is 13.8.